The van der Waals surface area contributed by atoms with Gasteiger partial charge in [0.25, 0.3) is 5.91 Å². The monoisotopic (exact) mass is 430 g/mol. The van der Waals surface area contributed by atoms with E-state index in [4.69, 9.17) is 17.0 Å². The van der Waals surface area contributed by atoms with Gasteiger partial charge in [-0.3, -0.25) is 19.8 Å². The number of nitro benzene ring substituents is 1. The number of phenolic OH excluding ortho intramolecular Hbond substituents is 1. The average Bonchev–Trinajstić information content (AvgIpc) is 2.96. The summed E-state index contributed by atoms with van der Waals surface area (Å²) < 4.78 is 5.72. The van der Waals surface area contributed by atoms with Crippen LogP contribution in [-0.2, 0) is 11.2 Å². The predicted octanol–water partition coefficient (Wildman–Crippen LogP) is 4.14. The Morgan fingerprint density at radius 1 is 1.31 bits per heavy atom. The molecule has 2 aromatic carbocycles. The lowest BCUT2D eigenvalue weighted by Gasteiger charge is -2.14. The van der Waals surface area contributed by atoms with E-state index in [0.717, 1.165) is 17.3 Å². The van der Waals surface area contributed by atoms with Crippen molar-refractivity contribution in [1.82, 2.24) is 4.90 Å². The lowest BCUT2D eigenvalue weighted by atomic mass is 10.1. The Morgan fingerprint density at radius 2 is 2.03 bits per heavy atom. The van der Waals surface area contributed by atoms with E-state index in [2.05, 4.69) is 0 Å². The summed E-state index contributed by atoms with van der Waals surface area (Å²) in [6.07, 6.45) is 2.19. The molecule has 9 heteroatoms. The number of rotatable bonds is 7. The largest absolute Gasteiger partial charge is 0.500 e. The molecule has 29 heavy (non-hydrogen) atoms. The van der Waals surface area contributed by atoms with Crippen molar-refractivity contribution < 1.29 is 19.6 Å². The lowest BCUT2D eigenvalue weighted by Crippen LogP contribution is -2.30. The van der Waals surface area contributed by atoms with Crippen molar-refractivity contribution in [2.24, 2.45) is 0 Å². The second-order valence-electron chi connectivity index (χ2n) is 6.15. The minimum atomic E-state index is -0.694. The quantitative estimate of drug-likeness (QED) is 0.305. The van der Waals surface area contributed by atoms with Crippen molar-refractivity contribution in [1.29, 1.82) is 0 Å². The van der Waals surface area contributed by atoms with E-state index >= 15 is 0 Å². The topological polar surface area (TPSA) is 92.9 Å². The summed E-state index contributed by atoms with van der Waals surface area (Å²) in [5.41, 5.74) is 0.990. The summed E-state index contributed by atoms with van der Waals surface area (Å²) in [6.45, 7) is 2.39. The van der Waals surface area contributed by atoms with Gasteiger partial charge in [0, 0.05) is 12.6 Å². The minimum Gasteiger partial charge on any atom is -0.500 e. The van der Waals surface area contributed by atoms with Crippen LogP contribution in [0.15, 0.2) is 47.4 Å². The molecule has 2 aromatic rings. The van der Waals surface area contributed by atoms with Gasteiger partial charge in [-0.2, -0.15) is 0 Å². The van der Waals surface area contributed by atoms with Crippen LogP contribution in [0.2, 0.25) is 0 Å². The SMILES string of the molecule is CCOc1cc(/C=C2\SC(=S)N(CCc3ccccc3)C2=O)cc([N+](=O)[O-])c1O. The molecule has 1 aliphatic heterocycles. The predicted molar refractivity (Wildman–Crippen MR) is 116 cm³/mol. The number of benzene rings is 2. The molecule has 0 aromatic heterocycles. The molecule has 3 rings (SSSR count). The van der Waals surface area contributed by atoms with Crippen LogP contribution in [-0.4, -0.2) is 38.3 Å². The number of thiocarbonyl (C=S) groups is 1. The first-order valence-electron chi connectivity index (χ1n) is 8.84. The number of hydrogen-bond donors (Lipinski definition) is 1. The number of carbonyl (C=O) groups is 1. The maximum absolute atomic E-state index is 12.8. The van der Waals surface area contributed by atoms with Crippen LogP contribution >= 0.6 is 24.0 Å². The number of thioether (sulfide) groups is 1. The first-order chi connectivity index (χ1) is 13.9. The number of nitrogens with zero attached hydrogens (tertiary/aromatic N) is 2. The fourth-order valence-corrected chi connectivity index (χ4v) is 4.14. The van der Waals surface area contributed by atoms with Gasteiger partial charge < -0.3 is 9.84 Å². The zero-order chi connectivity index (χ0) is 21.0. The molecule has 0 bridgehead atoms. The normalized spacial score (nSPS) is 15.2. The number of hydrogen-bond acceptors (Lipinski definition) is 7. The summed E-state index contributed by atoms with van der Waals surface area (Å²) in [7, 11) is 0. The second kappa shape index (κ2) is 9.06. The molecular formula is C20H18N2O5S2. The van der Waals surface area contributed by atoms with Gasteiger partial charge in [-0.15, -0.1) is 0 Å². The number of aromatic hydroxyl groups is 1. The Labute approximate surface area is 177 Å². The number of ether oxygens (including phenoxy) is 1. The molecular weight excluding hydrogens is 412 g/mol. The molecule has 1 N–H and O–H groups in total. The average molecular weight is 431 g/mol. The second-order valence-corrected chi connectivity index (χ2v) is 7.82. The molecule has 1 heterocycles. The highest BCUT2D eigenvalue weighted by atomic mass is 32.2. The van der Waals surface area contributed by atoms with Crippen molar-refractivity contribution in [3.05, 3.63) is 68.6 Å². The zero-order valence-electron chi connectivity index (χ0n) is 15.5. The van der Waals surface area contributed by atoms with Gasteiger partial charge in [0.15, 0.2) is 5.75 Å². The molecule has 0 saturated carbocycles. The van der Waals surface area contributed by atoms with E-state index in [-0.39, 0.29) is 18.3 Å². The fraction of sp³-hybridized carbons (Fsp3) is 0.200. The minimum absolute atomic E-state index is 0.00694. The first-order valence-corrected chi connectivity index (χ1v) is 10.1. The van der Waals surface area contributed by atoms with Crippen molar-refractivity contribution in [2.45, 2.75) is 13.3 Å². The van der Waals surface area contributed by atoms with E-state index in [9.17, 15) is 20.0 Å². The van der Waals surface area contributed by atoms with E-state index in [1.165, 1.54) is 23.1 Å². The van der Waals surface area contributed by atoms with Gasteiger partial charge >= 0.3 is 5.69 Å². The third-order valence-corrected chi connectivity index (χ3v) is 5.59. The molecule has 0 atom stereocenters. The molecule has 0 aliphatic carbocycles. The Hall–Kier alpha value is -2.91. The standard InChI is InChI=1S/C20H18N2O5S2/c1-2-27-16-11-14(10-15(18(16)23)22(25)26)12-17-19(24)21(20(28)29-17)9-8-13-6-4-3-5-7-13/h3-7,10-12,23H,2,8-9H2,1H3/b17-12-. The van der Waals surface area contributed by atoms with Crippen molar-refractivity contribution in [2.75, 3.05) is 13.2 Å². The van der Waals surface area contributed by atoms with E-state index < -0.39 is 16.4 Å². The molecule has 150 valence electrons. The van der Waals surface area contributed by atoms with Crippen LogP contribution in [0.4, 0.5) is 5.69 Å². The summed E-state index contributed by atoms with van der Waals surface area (Å²) >= 11 is 6.48. The van der Waals surface area contributed by atoms with Crippen LogP contribution in [0.5, 0.6) is 11.5 Å². The molecule has 1 saturated heterocycles. The van der Waals surface area contributed by atoms with E-state index in [1.54, 1.807) is 6.92 Å². The van der Waals surface area contributed by atoms with Gasteiger partial charge in [0.2, 0.25) is 5.75 Å². The summed E-state index contributed by atoms with van der Waals surface area (Å²) in [5, 5.41) is 21.2. The maximum atomic E-state index is 12.8. The Bertz CT molecular complexity index is 992. The van der Waals surface area contributed by atoms with Crippen LogP contribution < -0.4 is 4.74 Å². The molecule has 0 spiro atoms. The molecule has 1 fully saturated rings. The van der Waals surface area contributed by atoms with Crippen molar-refractivity contribution >= 4 is 46.0 Å². The molecule has 7 nitrogen and oxygen atoms in total. The smallest absolute Gasteiger partial charge is 0.315 e. The number of carbonyl (C=O) groups excluding carboxylic acids is 1. The van der Waals surface area contributed by atoms with Crippen LogP contribution in [0, 0.1) is 10.1 Å². The zero-order valence-corrected chi connectivity index (χ0v) is 17.2. The lowest BCUT2D eigenvalue weighted by molar-refractivity contribution is -0.386. The van der Waals surface area contributed by atoms with Crippen LogP contribution in [0.25, 0.3) is 6.08 Å². The third kappa shape index (κ3) is 4.75. The molecule has 0 radical (unpaired) electrons. The van der Waals surface area contributed by atoms with E-state index in [1.807, 2.05) is 30.3 Å². The Balaban J connectivity index is 1.84. The summed E-state index contributed by atoms with van der Waals surface area (Å²) in [5.74, 6) is -0.790. The van der Waals surface area contributed by atoms with Crippen molar-refractivity contribution in [3.8, 4) is 11.5 Å². The fourth-order valence-electron chi connectivity index (χ4n) is 2.83. The third-order valence-electron chi connectivity index (χ3n) is 4.21. The highest BCUT2D eigenvalue weighted by Gasteiger charge is 2.32. The maximum Gasteiger partial charge on any atom is 0.315 e. The number of nitro groups is 1. The molecule has 1 aliphatic rings. The van der Waals surface area contributed by atoms with Gasteiger partial charge in [0.1, 0.15) is 4.32 Å². The van der Waals surface area contributed by atoms with Crippen LogP contribution in [0.1, 0.15) is 18.1 Å². The van der Waals surface area contributed by atoms with E-state index in [0.29, 0.717) is 27.8 Å². The summed E-state index contributed by atoms with van der Waals surface area (Å²) in [4.78, 5) is 25.2. The molecule has 0 unspecified atom stereocenters. The highest BCUT2D eigenvalue weighted by Crippen LogP contribution is 2.39. The number of amides is 1. The Kier molecular flexibility index (Phi) is 6.50. The Morgan fingerprint density at radius 3 is 2.69 bits per heavy atom. The highest BCUT2D eigenvalue weighted by molar-refractivity contribution is 8.26. The van der Waals surface area contributed by atoms with Gasteiger partial charge in [-0.05, 0) is 36.6 Å². The first kappa shape index (κ1) is 20.8. The molecule has 1 amide bonds. The van der Waals surface area contributed by atoms with Gasteiger partial charge in [-0.1, -0.05) is 54.3 Å². The van der Waals surface area contributed by atoms with Crippen molar-refractivity contribution in [3.63, 3.8) is 0 Å². The summed E-state index contributed by atoms with van der Waals surface area (Å²) in [6, 6.07) is 12.4. The van der Waals surface area contributed by atoms with Gasteiger partial charge in [0.05, 0.1) is 16.4 Å². The number of phenols is 1. The van der Waals surface area contributed by atoms with Gasteiger partial charge in [-0.25, -0.2) is 0 Å². The van der Waals surface area contributed by atoms with Crippen LogP contribution in [0.3, 0.4) is 0 Å².